The van der Waals surface area contributed by atoms with Gasteiger partial charge in [0.2, 0.25) is 5.91 Å². The quantitative estimate of drug-likeness (QED) is 0.901. The number of benzene rings is 1. The van der Waals surface area contributed by atoms with Gasteiger partial charge in [-0.2, -0.15) is 5.26 Å². The van der Waals surface area contributed by atoms with Crippen molar-refractivity contribution < 1.29 is 4.79 Å². The summed E-state index contributed by atoms with van der Waals surface area (Å²) >= 11 is 0. The summed E-state index contributed by atoms with van der Waals surface area (Å²) in [5.74, 6) is -0.0388. The number of nitrogens with one attached hydrogen (secondary N) is 1. The summed E-state index contributed by atoms with van der Waals surface area (Å²) < 4.78 is 0. The number of nitriles is 1. The third-order valence-corrected chi connectivity index (χ3v) is 3.64. The third kappa shape index (κ3) is 3.33. The van der Waals surface area contributed by atoms with Gasteiger partial charge in [0.25, 0.3) is 0 Å². The Morgan fingerprint density at radius 3 is 3.05 bits per heavy atom. The van der Waals surface area contributed by atoms with E-state index in [1.165, 1.54) is 12.8 Å². The van der Waals surface area contributed by atoms with Crippen molar-refractivity contribution in [3.05, 3.63) is 29.8 Å². The molecular weight excluding hydrogens is 238 g/mol. The minimum Gasteiger partial charge on any atom is -0.324 e. The van der Waals surface area contributed by atoms with E-state index in [1.807, 2.05) is 6.07 Å². The van der Waals surface area contributed by atoms with Crippen LogP contribution < -0.4 is 5.32 Å². The van der Waals surface area contributed by atoms with Crippen LogP contribution in [0.1, 0.15) is 31.7 Å². The highest BCUT2D eigenvalue weighted by atomic mass is 16.2. The largest absolute Gasteiger partial charge is 0.324 e. The average Bonchev–Trinajstić information content (AvgIpc) is 2.86. The molecule has 0 aliphatic carbocycles. The van der Waals surface area contributed by atoms with E-state index in [0.717, 1.165) is 13.0 Å². The molecule has 100 valence electrons. The van der Waals surface area contributed by atoms with Gasteiger partial charge in [0.05, 0.1) is 17.8 Å². The van der Waals surface area contributed by atoms with Gasteiger partial charge in [-0.1, -0.05) is 19.1 Å². The van der Waals surface area contributed by atoms with Gasteiger partial charge in [0, 0.05) is 6.04 Å². The predicted octanol–water partition coefficient (Wildman–Crippen LogP) is 2.37. The summed E-state index contributed by atoms with van der Waals surface area (Å²) in [7, 11) is 0. The van der Waals surface area contributed by atoms with Crippen molar-refractivity contribution >= 4 is 11.6 Å². The number of para-hydroxylation sites is 1. The topological polar surface area (TPSA) is 56.1 Å². The smallest absolute Gasteiger partial charge is 0.238 e. The Kier molecular flexibility index (Phi) is 4.53. The molecule has 1 atom stereocenters. The molecule has 1 aromatic carbocycles. The van der Waals surface area contributed by atoms with E-state index in [4.69, 9.17) is 5.26 Å². The van der Waals surface area contributed by atoms with Crippen LogP contribution in [0.4, 0.5) is 5.69 Å². The Balaban J connectivity index is 1.96. The molecule has 1 aromatic rings. The highest BCUT2D eigenvalue weighted by Crippen LogP contribution is 2.20. The maximum Gasteiger partial charge on any atom is 0.238 e. The van der Waals surface area contributed by atoms with Gasteiger partial charge in [-0.3, -0.25) is 9.69 Å². The molecule has 1 amide bonds. The second-order valence-corrected chi connectivity index (χ2v) is 4.88. The molecule has 1 heterocycles. The van der Waals surface area contributed by atoms with Gasteiger partial charge < -0.3 is 5.32 Å². The third-order valence-electron chi connectivity index (χ3n) is 3.64. The van der Waals surface area contributed by atoms with Gasteiger partial charge in [-0.05, 0) is 37.9 Å². The van der Waals surface area contributed by atoms with Crippen LogP contribution in [0.3, 0.4) is 0 Å². The summed E-state index contributed by atoms with van der Waals surface area (Å²) in [5.41, 5.74) is 1.10. The molecule has 2 rings (SSSR count). The normalized spacial score (nSPS) is 19.1. The van der Waals surface area contributed by atoms with Crippen molar-refractivity contribution in [1.82, 2.24) is 4.90 Å². The number of rotatable bonds is 4. The van der Waals surface area contributed by atoms with E-state index in [9.17, 15) is 4.79 Å². The van der Waals surface area contributed by atoms with Gasteiger partial charge in [-0.15, -0.1) is 0 Å². The molecule has 1 N–H and O–H groups in total. The molecule has 4 heteroatoms. The monoisotopic (exact) mass is 257 g/mol. The Morgan fingerprint density at radius 1 is 1.53 bits per heavy atom. The maximum atomic E-state index is 12.0. The molecule has 4 nitrogen and oxygen atoms in total. The highest BCUT2D eigenvalue weighted by Gasteiger charge is 2.24. The van der Waals surface area contributed by atoms with Crippen LogP contribution in [-0.4, -0.2) is 29.9 Å². The number of carbonyl (C=O) groups excluding carboxylic acids is 1. The van der Waals surface area contributed by atoms with E-state index in [-0.39, 0.29) is 5.91 Å². The first kappa shape index (κ1) is 13.6. The Hall–Kier alpha value is -1.86. The van der Waals surface area contributed by atoms with Crippen molar-refractivity contribution in [2.45, 2.75) is 32.2 Å². The van der Waals surface area contributed by atoms with Gasteiger partial charge in [0.15, 0.2) is 0 Å². The van der Waals surface area contributed by atoms with Crippen molar-refractivity contribution in [3.63, 3.8) is 0 Å². The second-order valence-electron chi connectivity index (χ2n) is 4.88. The summed E-state index contributed by atoms with van der Waals surface area (Å²) in [6.07, 6.45) is 3.43. The fourth-order valence-electron chi connectivity index (χ4n) is 2.63. The standard InChI is InChI=1S/C15H19N3O/c1-2-13-7-5-9-18(13)11-15(19)17-14-8-4-3-6-12(14)10-16/h3-4,6,8,13H,2,5,7,9,11H2,1H3,(H,17,19). The Labute approximate surface area is 114 Å². The van der Waals surface area contributed by atoms with E-state index in [1.54, 1.807) is 18.2 Å². The first-order chi connectivity index (χ1) is 9.24. The zero-order valence-corrected chi connectivity index (χ0v) is 11.2. The lowest BCUT2D eigenvalue weighted by Crippen LogP contribution is -2.36. The predicted molar refractivity (Wildman–Crippen MR) is 74.7 cm³/mol. The zero-order valence-electron chi connectivity index (χ0n) is 11.2. The van der Waals surface area contributed by atoms with E-state index < -0.39 is 0 Å². The molecule has 0 radical (unpaired) electrons. The fourth-order valence-corrected chi connectivity index (χ4v) is 2.63. The van der Waals surface area contributed by atoms with E-state index in [2.05, 4.69) is 23.2 Å². The van der Waals surface area contributed by atoms with Crippen molar-refractivity contribution in [2.24, 2.45) is 0 Å². The molecule has 1 fully saturated rings. The maximum absolute atomic E-state index is 12.0. The van der Waals surface area contributed by atoms with Crippen molar-refractivity contribution in [2.75, 3.05) is 18.4 Å². The van der Waals surface area contributed by atoms with E-state index >= 15 is 0 Å². The number of carbonyl (C=O) groups is 1. The number of hydrogen-bond acceptors (Lipinski definition) is 3. The molecule has 1 unspecified atom stereocenters. The first-order valence-electron chi connectivity index (χ1n) is 6.77. The molecule has 0 saturated carbocycles. The summed E-state index contributed by atoms with van der Waals surface area (Å²) in [6, 6.07) is 9.70. The van der Waals surface area contributed by atoms with Crippen molar-refractivity contribution in [1.29, 1.82) is 5.26 Å². The lowest BCUT2D eigenvalue weighted by Gasteiger charge is -2.22. The van der Waals surface area contributed by atoms with Crippen LogP contribution in [0.15, 0.2) is 24.3 Å². The van der Waals surface area contributed by atoms with Crippen LogP contribution in [0.5, 0.6) is 0 Å². The van der Waals surface area contributed by atoms with Gasteiger partial charge in [0.1, 0.15) is 6.07 Å². The molecule has 0 bridgehead atoms. The number of hydrogen-bond donors (Lipinski definition) is 1. The number of likely N-dealkylation sites (tertiary alicyclic amines) is 1. The first-order valence-corrected chi connectivity index (χ1v) is 6.77. The fraction of sp³-hybridized carbons (Fsp3) is 0.467. The van der Waals surface area contributed by atoms with E-state index in [0.29, 0.717) is 23.8 Å². The average molecular weight is 257 g/mol. The highest BCUT2D eigenvalue weighted by molar-refractivity contribution is 5.93. The SMILES string of the molecule is CCC1CCCN1CC(=O)Nc1ccccc1C#N. The zero-order chi connectivity index (χ0) is 13.7. The molecular formula is C15H19N3O. The summed E-state index contributed by atoms with van der Waals surface area (Å²) in [4.78, 5) is 14.3. The van der Waals surface area contributed by atoms with Crippen molar-refractivity contribution in [3.8, 4) is 6.07 Å². The molecule has 0 spiro atoms. The molecule has 1 aliphatic heterocycles. The summed E-state index contributed by atoms with van der Waals surface area (Å²) in [5, 5.41) is 11.8. The molecule has 19 heavy (non-hydrogen) atoms. The lowest BCUT2D eigenvalue weighted by molar-refractivity contribution is -0.117. The minimum absolute atomic E-state index is 0.0388. The Bertz CT molecular complexity index is 492. The second kappa shape index (κ2) is 6.35. The lowest BCUT2D eigenvalue weighted by atomic mass is 10.1. The van der Waals surface area contributed by atoms with Crippen LogP contribution in [0.2, 0.25) is 0 Å². The molecule has 0 aromatic heterocycles. The minimum atomic E-state index is -0.0388. The summed E-state index contributed by atoms with van der Waals surface area (Å²) in [6.45, 7) is 3.57. The van der Waals surface area contributed by atoms with Gasteiger partial charge in [-0.25, -0.2) is 0 Å². The number of anilines is 1. The number of amides is 1. The van der Waals surface area contributed by atoms with Gasteiger partial charge >= 0.3 is 0 Å². The van der Waals surface area contributed by atoms with Crippen LogP contribution in [0, 0.1) is 11.3 Å². The van der Waals surface area contributed by atoms with Crippen LogP contribution in [-0.2, 0) is 4.79 Å². The molecule has 1 aliphatic rings. The number of nitrogens with zero attached hydrogens (tertiary/aromatic N) is 2. The van der Waals surface area contributed by atoms with Crippen LogP contribution in [0.25, 0.3) is 0 Å². The van der Waals surface area contributed by atoms with Crippen LogP contribution >= 0.6 is 0 Å². The molecule has 1 saturated heterocycles. The Morgan fingerprint density at radius 2 is 2.32 bits per heavy atom.